The molecule has 110 valence electrons. The van der Waals surface area contributed by atoms with Crippen molar-refractivity contribution in [2.24, 2.45) is 0 Å². The Labute approximate surface area is 127 Å². The molecule has 2 N–H and O–H groups in total. The molecule has 1 aromatic carbocycles. The second kappa shape index (κ2) is 5.18. The van der Waals surface area contributed by atoms with Crippen molar-refractivity contribution in [2.75, 3.05) is 6.26 Å². The summed E-state index contributed by atoms with van der Waals surface area (Å²) in [6, 6.07) is 9.99. The maximum absolute atomic E-state index is 12.0. The molecule has 1 aliphatic heterocycles. The lowest BCUT2D eigenvalue weighted by Crippen LogP contribution is -2.38. The van der Waals surface area contributed by atoms with Crippen molar-refractivity contribution in [1.82, 2.24) is 9.84 Å². The predicted molar refractivity (Wildman–Crippen MR) is 83.0 cm³/mol. The van der Waals surface area contributed by atoms with Gasteiger partial charge in [0.05, 0.1) is 22.9 Å². The lowest BCUT2D eigenvalue weighted by molar-refractivity contribution is 0.342. The smallest absolute Gasteiger partial charge is 0.228 e. The van der Waals surface area contributed by atoms with Crippen molar-refractivity contribution < 1.29 is 13.5 Å². The number of para-hydroxylation sites is 1. The normalized spacial score (nSPS) is 19.3. The van der Waals surface area contributed by atoms with E-state index in [1.54, 1.807) is 24.3 Å². The van der Waals surface area contributed by atoms with Gasteiger partial charge in [-0.25, -0.2) is 8.42 Å². The summed E-state index contributed by atoms with van der Waals surface area (Å²) in [5.74, 6) is 0.0710. The topological polar surface area (TPSA) is 69.6 Å². The Morgan fingerprint density at radius 2 is 2.00 bits per heavy atom. The molecule has 0 aliphatic carbocycles. The van der Waals surface area contributed by atoms with Gasteiger partial charge in [-0.2, -0.15) is 0 Å². The first-order valence-electron chi connectivity index (χ1n) is 6.26. The molecule has 0 bridgehead atoms. The first-order valence-corrected chi connectivity index (χ1v) is 8.99. The Bertz CT molecular complexity index is 782. The molecule has 21 heavy (non-hydrogen) atoms. The van der Waals surface area contributed by atoms with Gasteiger partial charge in [-0.1, -0.05) is 24.3 Å². The lowest BCUT2D eigenvalue weighted by Gasteiger charge is -2.23. The molecule has 1 aromatic heterocycles. The fourth-order valence-corrected chi connectivity index (χ4v) is 3.82. The number of thiophene rings is 1. The summed E-state index contributed by atoms with van der Waals surface area (Å²) in [6.45, 7) is 0. The van der Waals surface area contributed by atoms with E-state index in [1.807, 2.05) is 23.6 Å². The fraction of sp³-hybridized carbons (Fsp3) is 0.143. The van der Waals surface area contributed by atoms with Crippen molar-refractivity contribution in [3.63, 3.8) is 0 Å². The van der Waals surface area contributed by atoms with Gasteiger partial charge in [0.2, 0.25) is 10.0 Å². The summed E-state index contributed by atoms with van der Waals surface area (Å²) >= 11 is 1.52. The van der Waals surface area contributed by atoms with Gasteiger partial charge in [0.15, 0.2) is 0 Å². The van der Waals surface area contributed by atoms with Crippen LogP contribution >= 0.6 is 11.3 Å². The molecule has 1 atom stereocenters. The van der Waals surface area contributed by atoms with Crippen LogP contribution in [0.1, 0.15) is 16.5 Å². The summed E-state index contributed by atoms with van der Waals surface area (Å²) in [5, 5.41) is 11.9. The molecule has 0 saturated carbocycles. The number of phenolic OH excluding ortho intramolecular Hbond substituents is 1. The number of nitrogens with one attached hydrogen (secondary N) is 1. The van der Waals surface area contributed by atoms with E-state index in [1.165, 1.54) is 11.3 Å². The van der Waals surface area contributed by atoms with E-state index in [-0.39, 0.29) is 5.75 Å². The molecule has 0 fully saturated rings. The van der Waals surface area contributed by atoms with Gasteiger partial charge in [-0.3, -0.25) is 0 Å². The summed E-state index contributed by atoms with van der Waals surface area (Å²) in [4.78, 5) is 0.946. The molecule has 5 nitrogen and oxygen atoms in total. The number of phenols is 1. The lowest BCUT2D eigenvalue weighted by atomic mass is 10.1. The van der Waals surface area contributed by atoms with Gasteiger partial charge < -0.3 is 10.5 Å². The third kappa shape index (κ3) is 2.67. The molecule has 7 heteroatoms. The minimum Gasteiger partial charge on any atom is -0.508 e. The van der Waals surface area contributed by atoms with Gasteiger partial charge in [0.1, 0.15) is 5.75 Å². The zero-order valence-corrected chi connectivity index (χ0v) is 12.9. The van der Waals surface area contributed by atoms with E-state index >= 15 is 0 Å². The van der Waals surface area contributed by atoms with Crippen molar-refractivity contribution in [2.45, 2.75) is 6.04 Å². The van der Waals surface area contributed by atoms with Crippen LogP contribution in [-0.4, -0.2) is 24.2 Å². The highest BCUT2D eigenvalue weighted by atomic mass is 32.2. The van der Waals surface area contributed by atoms with E-state index in [4.69, 9.17) is 0 Å². The molecule has 0 radical (unpaired) electrons. The van der Waals surface area contributed by atoms with E-state index in [0.717, 1.165) is 21.2 Å². The number of nitrogens with zero attached hydrogens (tertiary/aromatic N) is 1. The van der Waals surface area contributed by atoms with Gasteiger partial charge >= 0.3 is 0 Å². The highest BCUT2D eigenvalue weighted by Gasteiger charge is 2.34. The Morgan fingerprint density at radius 1 is 1.24 bits per heavy atom. The molecule has 2 heterocycles. The van der Waals surface area contributed by atoms with Crippen LogP contribution in [0.2, 0.25) is 0 Å². The summed E-state index contributed by atoms with van der Waals surface area (Å²) in [5.41, 5.74) is 4.18. The number of hydrogen-bond donors (Lipinski definition) is 2. The van der Waals surface area contributed by atoms with Gasteiger partial charge in [-0.05, 0) is 23.6 Å². The second-order valence-electron chi connectivity index (χ2n) is 4.73. The van der Waals surface area contributed by atoms with Crippen LogP contribution in [0.25, 0.3) is 5.70 Å². The largest absolute Gasteiger partial charge is 0.508 e. The zero-order chi connectivity index (χ0) is 15.0. The summed E-state index contributed by atoms with van der Waals surface area (Å²) < 4.78 is 25.2. The van der Waals surface area contributed by atoms with E-state index in [9.17, 15) is 13.5 Å². The monoisotopic (exact) mass is 322 g/mol. The van der Waals surface area contributed by atoms with E-state index < -0.39 is 16.1 Å². The second-order valence-corrected chi connectivity index (χ2v) is 7.54. The predicted octanol–water partition coefficient (Wildman–Crippen LogP) is 2.32. The molecule has 0 saturated heterocycles. The first-order chi connectivity index (χ1) is 9.97. The molecule has 2 aromatic rings. The van der Waals surface area contributed by atoms with Gasteiger partial charge in [0, 0.05) is 5.56 Å². The molecule has 0 amide bonds. The van der Waals surface area contributed by atoms with Crippen molar-refractivity contribution in [3.05, 3.63) is 58.3 Å². The third-order valence-electron chi connectivity index (χ3n) is 3.21. The highest BCUT2D eigenvalue weighted by Crippen LogP contribution is 2.37. The van der Waals surface area contributed by atoms with Gasteiger partial charge in [-0.15, -0.1) is 15.8 Å². The first kappa shape index (κ1) is 14.1. The molecule has 3 rings (SSSR count). The number of hydrogen-bond acceptors (Lipinski definition) is 5. The Morgan fingerprint density at radius 3 is 2.62 bits per heavy atom. The average Bonchev–Trinajstić information content (AvgIpc) is 3.07. The zero-order valence-electron chi connectivity index (χ0n) is 11.2. The fourth-order valence-electron chi connectivity index (χ4n) is 2.26. The molecular weight excluding hydrogens is 308 g/mol. The minimum absolute atomic E-state index is 0.0710. The Kier molecular flexibility index (Phi) is 3.48. The van der Waals surface area contributed by atoms with E-state index in [2.05, 4.69) is 5.43 Å². The maximum atomic E-state index is 12.0. The quantitative estimate of drug-likeness (QED) is 0.910. The molecule has 0 spiro atoms. The number of aromatic hydroxyl groups is 1. The molecule has 0 unspecified atom stereocenters. The van der Waals surface area contributed by atoms with Crippen LogP contribution in [0.4, 0.5) is 0 Å². The number of benzene rings is 1. The van der Waals surface area contributed by atoms with Crippen LogP contribution in [0.5, 0.6) is 5.75 Å². The van der Waals surface area contributed by atoms with Crippen LogP contribution < -0.4 is 5.43 Å². The number of sulfonamides is 1. The minimum atomic E-state index is -3.48. The Hall–Kier alpha value is -1.83. The van der Waals surface area contributed by atoms with Crippen LogP contribution in [0.3, 0.4) is 0 Å². The summed E-state index contributed by atoms with van der Waals surface area (Å²) in [6.07, 6.45) is 2.94. The number of hydrazine groups is 1. The number of rotatable bonds is 3. The van der Waals surface area contributed by atoms with Gasteiger partial charge in [0.25, 0.3) is 0 Å². The van der Waals surface area contributed by atoms with Crippen molar-refractivity contribution in [1.29, 1.82) is 0 Å². The SMILES string of the molecule is CS(=O)(=O)N1NC(c2cccs2)=C[C@@H]1c1ccccc1O. The van der Waals surface area contributed by atoms with Crippen molar-refractivity contribution >= 4 is 27.1 Å². The van der Waals surface area contributed by atoms with Crippen LogP contribution in [0, 0.1) is 0 Å². The maximum Gasteiger partial charge on any atom is 0.228 e. The van der Waals surface area contributed by atoms with Crippen LogP contribution in [-0.2, 0) is 10.0 Å². The Balaban J connectivity index is 2.07. The standard InChI is InChI=1S/C14H14N2O3S2/c1-21(18,19)16-12(10-5-2-3-6-13(10)17)9-11(15-16)14-7-4-8-20-14/h2-9,12,15,17H,1H3/t12-/m1/s1. The van der Waals surface area contributed by atoms with Crippen molar-refractivity contribution in [3.8, 4) is 5.75 Å². The molecule has 1 aliphatic rings. The summed E-state index contributed by atoms with van der Waals surface area (Å²) in [7, 11) is -3.48. The van der Waals surface area contributed by atoms with Crippen LogP contribution in [0.15, 0.2) is 47.9 Å². The third-order valence-corrected chi connectivity index (χ3v) is 5.14. The highest BCUT2D eigenvalue weighted by molar-refractivity contribution is 7.88. The average molecular weight is 322 g/mol. The molecular formula is C14H14N2O3S2. The van der Waals surface area contributed by atoms with E-state index in [0.29, 0.717) is 5.56 Å².